The lowest BCUT2D eigenvalue weighted by atomic mass is 10.1. The third-order valence-electron chi connectivity index (χ3n) is 4.76. The predicted octanol–water partition coefficient (Wildman–Crippen LogP) is 6.48. The lowest BCUT2D eigenvalue weighted by Crippen LogP contribution is -2.27. The molecule has 29 heavy (non-hydrogen) atoms. The van der Waals surface area contributed by atoms with Crippen molar-refractivity contribution in [1.82, 2.24) is 0 Å². The molecule has 3 nitrogen and oxygen atoms in total. The number of ether oxygens (including phenoxy) is 1. The lowest BCUT2D eigenvalue weighted by molar-refractivity contribution is -0.114. The molecule has 1 fully saturated rings. The van der Waals surface area contributed by atoms with Crippen LogP contribution in [0, 0.1) is 6.92 Å². The van der Waals surface area contributed by atoms with Gasteiger partial charge in [0.15, 0.2) is 0 Å². The summed E-state index contributed by atoms with van der Waals surface area (Å²) < 4.78 is 5.26. The molecular weight excluding hydrogens is 402 g/mol. The molecule has 4 rings (SSSR count). The Labute approximate surface area is 180 Å². The number of halogens is 1. The average molecular weight is 422 g/mol. The Hall–Kier alpha value is -2.69. The van der Waals surface area contributed by atoms with Gasteiger partial charge in [0.05, 0.1) is 12.0 Å². The van der Waals surface area contributed by atoms with E-state index >= 15 is 0 Å². The highest BCUT2D eigenvalue weighted by Crippen LogP contribution is 2.48. The molecule has 1 amide bonds. The molecule has 146 valence electrons. The summed E-state index contributed by atoms with van der Waals surface area (Å²) in [6.07, 6.45) is 1.91. The van der Waals surface area contributed by atoms with Gasteiger partial charge in [-0.1, -0.05) is 65.3 Å². The first-order chi connectivity index (χ1) is 14.0. The molecule has 0 aromatic heterocycles. The number of carbonyl (C=O) groups excluding carboxylic acids is 1. The van der Waals surface area contributed by atoms with E-state index in [4.69, 9.17) is 16.3 Å². The summed E-state index contributed by atoms with van der Waals surface area (Å²) in [5.41, 5.74) is 4.02. The van der Waals surface area contributed by atoms with Crippen LogP contribution in [-0.4, -0.2) is 13.0 Å². The van der Waals surface area contributed by atoms with Crippen molar-refractivity contribution < 1.29 is 9.53 Å². The van der Waals surface area contributed by atoms with Gasteiger partial charge in [0.1, 0.15) is 11.1 Å². The van der Waals surface area contributed by atoms with E-state index in [0.29, 0.717) is 9.93 Å². The van der Waals surface area contributed by atoms with Gasteiger partial charge in [-0.3, -0.25) is 9.69 Å². The molecule has 0 spiro atoms. The van der Waals surface area contributed by atoms with Gasteiger partial charge < -0.3 is 4.74 Å². The molecule has 3 aromatic rings. The average Bonchev–Trinajstić information content (AvgIpc) is 3.05. The largest absolute Gasteiger partial charge is 0.497 e. The third-order valence-corrected chi connectivity index (χ3v) is 6.25. The number of amides is 1. The molecule has 0 N–H and O–H groups in total. The van der Waals surface area contributed by atoms with Crippen molar-refractivity contribution >= 4 is 41.0 Å². The molecule has 0 radical (unpaired) electrons. The van der Waals surface area contributed by atoms with E-state index < -0.39 is 0 Å². The van der Waals surface area contributed by atoms with Gasteiger partial charge in [-0.2, -0.15) is 0 Å². The standard InChI is InChI=1S/C24H20ClNO2S/c1-16-6-8-18(9-7-16)24-26(20-10-12-21(28-2)13-11-20)23(27)22(29-24)15-17-4-3-5-19(25)14-17/h3-15,24H,1-2H3/b22-15+/t24-/m1/s1. The molecule has 1 aliphatic rings. The third kappa shape index (κ3) is 4.19. The maximum absolute atomic E-state index is 13.4. The van der Waals surface area contributed by atoms with E-state index in [1.54, 1.807) is 18.9 Å². The number of hydrogen-bond donors (Lipinski definition) is 0. The second-order valence-electron chi connectivity index (χ2n) is 6.82. The van der Waals surface area contributed by atoms with Crippen LogP contribution in [0.15, 0.2) is 77.7 Å². The van der Waals surface area contributed by atoms with Gasteiger partial charge in [0.2, 0.25) is 0 Å². The number of methoxy groups -OCH3 is 1. The van der Waals surface area contributed by atoms with Gasteiger partial charge in [0.25, 0.3) is 5.91 Å². The van der Waals surface area contributed by atoms with Crippen LogP contribution in [-0.2, 0) is 4.79 Å². The van der Waals surface area contributed by atoms with Gasteiger partial charge in [-0.05, 0) is 60.5 Å². The first kappa shape index (κ1) is 19.6. The van der Waals surface area contributed by atoms with E-state index in [9.17, 15) is 4.79 Å². The zero-order chi connectivity index (χ0) is 20.4. The van der Waals surface area contributed by atoms with E-state index in [-0.39, 0.29) is 11.3 Å². The Morgan fingerprint density at radius 1 is 1.03 bits per heavy atom. The smallest absolute Gasteiger partial charge is 0.266 e. The van der Waals surface area contributed by atoms with Crippen molar-refractivity contribution in [1.29, 1.82) is 0 Å². The molecule has 5 heteroatoms. The van der Waals surface area contributed by atoms with Crippen molar-refractivity contribution in [2.75, 3.05) is 12.0 Å². The van der Waals surface area contributed by atoms with Gasteiger partial charge in [-0.15, -0.1) is 0 Å². The minimum absolute atomic E-state index is 0.0225. The lowest BCUT2D eigenvalue weighted by Gasteiger charge is -2.24. The molecule has 0 bridgehead atoms. The molecule has 1 heterocycles. The highest BCUT2D eigenvalue weighted by molar-refractivity contribution is 8.05. The van der Waals surface area contributed by atoms with Gasteiger partial charge in [-0.25, -0.2) is 0 Å². The Morgan fingerprint density at radius 2 is 1.76 bits per heavy atom. The molecule has 1 aliphatic heterocycles. The quantitative estimate of drug-likeness (QED) is 0.451. The summed E-state index contributed by atoms with van der Waals surface area (Å²) in [6.45, 7) is 2.06. The summed E-state index contributed by atoms with van der Waals surface area (Å²) in [5.74, 6) is 0.736. The topological polar surface area (TPSA) is 29.5 Å². The summed E-state index contributed by atoms with van der Waals surface area (Å²) in [4.78, 5) is 15.9. The Bertz CT molecular complexity index is 1060. The van der Waals surface area contributed by atoms with Crippen LogP contribution >= 0.6 is 23.4 Å². The monoisotopic (exact) mass is 421 g/mol. The Morgan fingerprint density at radius 3 is 2.41 bits per heavy atom. The second kappa shape index (κ2) is 8.36. The molecule has 0 saturated carbocycles. The summed E-state index contributed by atoms with van der Waals surface area (Å²) in [6, 6.07) is 23.4. The van der Waals surface area contributed by atoms with Crippen molar-refractivity contribution in [3.8, 4) is 5.75 Å². The highest BCUT2D eigenvalue weighted by Gasteiger charge is 2.38. The molecule has 1 saturated heterocycles. The van der Waals surface area contributed by atoms with Crippen molar-refractivity contribution in [3.05, 3.63) is 99.4 Å². The van der Waals surface area contributed by atoms with Crippen LogP contribution in [0.1, 0.15) is 22.1 Å². The Kier molecular flexibility index (Phi) is 5.65. The predicted molar refractivity (Wildman–Crippen MR) is 121 cm³/mol. The van der Waals surface area contributed by atoms with E-state index in [0.717, 1.165) is 22.6 Å². The second-order valence-corrected chi connectivity index (χ2v) is 8.38. The molecule has 1 atom stereocenters. The van der Waals surface area contributed by atoms with E-state index in [2.05, 4.69) is 31.2 Å². The molecule has 0 unspecified atom stereocenters. The SMILES string of the molecule is COc1ccc(N2C(=O)/C(=C\c3cccc(Cl)c3)S[C@@H]2c2ccc(C)cc2)cc1. The fraction of sp³-hybridized carbons (Fsp3) is 0.125. The van der Waals surface area contributed by atoms with Crippen molar-refractivity contribution in [2.24, 2.45) is 0 Å². The van der Waals surface area contributed by atoms with E-state index in [1.165, 1.54) is 5.56 Å². The zero-order valence-electron chi connectivity index (χ0n) is 16.1. The minimum Gasteiger partial charge on any atom is -0.497 e. The zero-order valence-corrected chi connectivity index (χ0v) is 17.7. The van der Waals surface area contributed by atoms with Crippen LogP contribution in [0.4, 0.5) is 5.69 Å². The summed E-state index contributed by atoms with van der Waals surface area (Å²) >= 11 is 7.67. The van der Waals surface area contributed by atoms with E-state index in [1.807, 2.05) is 59.5 Å². The number of benzene rings is 3. The highest BCUT2D eigenvalue weighted by atomic mass is 35.5. The number of rotatable bonds is 4. The molecule has 0 aliphatic carbocycles. The van der Waals surface area contributed by atoms with Crippen LogP contribution in [0.25, 0.3) is 6.08 Å². The number of thioether (sulfide) groups is 1. The van der Waals surface area contributed by atoms with Crippen molar-refractivity contribution in [3.63, 3.8) is 0 Å². The fourth-order valence-corrected chi connectivity index (χ4v) is 4.69. The molecule has 3 aromatic carbocycles. The first-order valence-corrected chi connectivity index (χ1v) is 10.5. The number of hydrogen-bond acceptors (Lipinski definition) is 3. The van der Waals surface area contributed by atoms with Crippen LogP contribution < -0.4 is 9.64 Å². The Balaban J connectivity index is 1.75. The first-order valence-electron chi connectivity index (χ1n) is 9.23. The van der Waals surface area contributed by atoms with Crippen LogP contribution in [0.3, 0.4) is 0 Å². The van der Waals surface area contributed by atoms with Crippen molar-refractivity contribution in [2.45, 2.75) is 12.3 Å². The number of carbonyl (C=O) groups is 1. The molecular formula is C24H20ClNO2S. The van der Waals surface area contributed by atoms with Gasteiger partial charge >= 0.3 is 0 Å². The fourth-order valence-electron chi connectivity index (χ4n) is 3.24. The number of nitrogens with zero attached hydrogens (tertiary/aromatic N) is 1. The minimum atomic E-state index is -0.137. The normalized spacial score (nSPS) is 17.8. The van der Waals surface area contributed by atoms with Crippen LogP contribution in [0.2, 0.25) is 5.02 Å². The number of anilines is 1. The van der Waals surface area contributed by atoms with Gasteiger partial charge in [0, 0.05) is 10.7 Å². The van der Waals surface area contributed by atoms with Crippen LogP contribution in [0.5, 0.6) is 5.75 Å². The maximum atomic E-state index is 13.4. The summed E-state index contributed by atoms with van der Waals surface area (Å²) in [5, 5.41) is 0.513. The summed E-state index contributed by atoms with van der Waals surface area (Å²) in [7, 11) is 1.63. The number of aryl methyl sites for hydroxylation is 1. The maximum Gasteiger partial charge on any atom is 0.266 e.